The summed E-state index contributed by atoms with van der Waals surface area (Å²) in [5, 5.41) is 9.64. The van der Waals surface area contributed by atoms with E-state index in [2.05, 4.69) is 11.8 Å². The van der Waals surface area contributed by atoms with E-state index in [1.54, 1.807) is 0 Å². The van der Waals surface area contributed by atoms with Crippen molar-refractivity contribution in [3.05, 3.63) is 18.2 Å². The third-order valence-corrected chi connectivity index (χ3v) is 3.90. The number of benzene rings is 1. The Labute approximate surface area is 121 Å². The van der Waals surface area contributed by atoms with Gasteiger partial charge in [-0.1, -0.05) is 25.8 Å². The molecule has 1 unspecified atom stereocenters. The number of ether oxygens (including phenoxy) is 1. The summed E-state index contributed by atoms with van der Waals surface area (Å²) in [6.45, 7) is 3.89. The highest BCUT2D eigenvalue weighted by molar-refractivity contribution is 5.74. The minimum Gasteiger partial charge on any atom is -0.491 e. The minimum absolute atomic E-state index is 0.168. The average molecular weight is 278 g/mol. The summed E-state index contributed by atoms with van der Waals surface area (Å²) in [5.74, 6) is 0.755. The van der Waals surface area contributed by atoms with Crippen molar-refractivity contribution in [2.24, 2.45) is 0 Å². The number of hydrogen-bond acceptors (Lipinski definition) is 4. The van der Waals surface area contributed by atoms with Crippen molar-refractivity contribution in [3.63, 3.8) is 0 Å². The molecule has 4 heteroatoms. The normalized spacial score (nSPS) is 19.7. The average Bonchev–Trinajstić information content (AvgIpc) is 2.71. The third-order valence-electron chi connectivity index (χ3n) is 3.90. The number of nitrogens with two attached hydrogens (primary N) is 1. The Morgan fingerprint density at radius 1 is 1.35 bits per heavy atom. The summed E-state index contributed by atoms with van der Waals surface area (Å²) in [6, 6.07) is 6.10. The molecule has 0 bridgehead atoms. The van der Waals surface area contributed by atoms with Crippen molar-refractivity contribution in [2.45, 2.75) is 45.1 Å². The second kappa shape index (κ2) is 7.39. The largest absolute Gasteiger partial charge is 0.491 e. The molecular weight excluding hydrogens is 252 g/mol. The molecule has 0 aromatic heterocycles. The first-order valence-corrected chi connectivity index (χ1v) is 7.66. The predicted octanol–water partition coefficient (Wildman–Crippen LogP) is 2.80. The van der Waals surface area contributed by atoms with Gasteiger partial charge in [-0.15, -0.1) is 0 Å². The first-order valence-electron chi connectivity index (χ1n) is 7.66. The molecule has 0 spiro atoms. The molecule has 0 saturated carbocycles. The maximum absolute atomic E-state index is 9.64. The van der Waals surface area contributed by atoms with Crippen molar-refractivity contribution >= 4 is 11.4 Å². The van der Waals surface area contributed by atoms with Crippen molar-refractivity contribution in [2.75, 3.05) is 30.4 Å². The molecule has 1 atom stereocenters. The van der Waals surface area contributed by atoms with Gasteiger partial charge in [-0.3, -0.25) is 0 Å². The monoisotopic (exact) mass is 278 g/mol. The molecule has 3 N–H and O–H groups in total. The molecule has 1 aromatic rings. The van der Waals surface area contributed by atoms with Crippen LogP contribution in [0.25, 0.3) is 0 Å². The molecule has 4 nitrogen and oxygen atoms in total. The number of aliphatic hydroxyl groups excluding tert-OH is 1. The van der Waals surface area contributed by atoms with Crippen LogP contribution in [-0.4, -0.2) is 30.9 Å². The lowest BCUT2D eigenvalue weighted by Crippen LogP contribution is -2.38. The summed E-state index contributed by atoms with van der Waals surface area (Å²) in [6.07, 6.45) is 5.53. The zero-order valence-electron chi connectivity index (χ0n) is 12.3. The number of hydrogen-bond donors (Lipinski definition) is 2. The van der Waals surface area contributed by atoms with Gasteiger partial charge in [-0.05, 0) is 31.4 Å². The van der Waals surface area contributed by atoms with Gasteiger partial charge >= 0.3 is 0 Å². The lowest BCUT2D eigenvalue weighted by atomic mass is 10.1. The molecule has 1 fully saturated rings. The van der Waals surface area contributed by atoms with Gasteiger partial charge in [0.25, 0.3) is 0 Å². The molecule has 112 valence electrons. The Bertz CT molecular complexity index is 423. The fraction of sp³-hybridized carbons (Fsp3) is 0.625. The molecule has 0 amide bonds. The van der Waals surface area contributed by atoms with Crippen LogP contribution < -0.4 is 15.4 Å². The Morgan fingerprint density at radius 2 is 2.20 bits per heavy atom. The van der Waals surface area contributed by atoms with Gasteiger partial charge in [0.2, 0.25) is 0 Å². The molecular formula is C16H26N2O2. The Kier molecular flexibility index (Phi) is 5.53. The van der Waals surface area contributed by atoms with Crippen LogP contribution in [0.3, 0.4) is 0 Å². The SMILES string of the molecule is CCCOc1cccc(N2CCCCCC2CO)c1N. The van der Waals surface area contributed by atoms with Crippen molar-refractivity contribution in [3.8, 4) is 5.75 Å². The first-order chi connectivity index (χ1) is 9.77. The summed E-state index contributed by atoms with van der Waals surface area (Å²) >= 11 is 0. The lowest BCUT2D eigenvalue weighted by Gasteiger charge is -2.32. The van der Waals surface area contributed by atoms with Gasteiger partial charge in [-0.25, -0.2) is 0 Å². The molecule has 0 aliphatic carbocycles. The van der Waals surface area contributed by atoms with Gasteiger partial charge in [0, 0.05) is 6.54 Å². The standard InChI is InChI=1S/C16H26N2O2/c1-2-11-20-15-9-6-8-14(16(15)17)18-10-5-3-4-7-13(18)12-19/h6,8-9,13,19H,2-5,7,10-12,17H2,1H3. The highest BCUT2D eigenvalue weighted by Gasteiger charge is 2.23. The first kappa shape index (κ1) is 15.0. The highest BCUT2D eigenvalue weighted by Crippen LogP contribution is 2.35. The maximum Gasteiger partial charge on any atom is 0.144 e. The van der Waals surface area contributed by atoms with Gasteiger partial charge in [0.1, 0.15) is 5.75 Å². The number of para-hydroxylation sites is 1. The molecule has 1 heterocycles. The van der Waals surface area contributed by atoms with Gasteiger partial charge in [-0.2, -0.15) is 0 Å². The van der Waals surface area contributed by atoms with E-state index in [9.17, 15) is 5.11 Å². The fourth-order valence-electron chi connectivity index (χ4n) is 2.81. The van der Waals surface area contributed by atoms with E-state index in [-0.39, 0.29) is 12.6 Å². The van der Waals surface area contributed by atoms with Crippen LogP contribution in [0.1, 0.15) is 39.0 Å². The lowest BCUT2D eigenvalue weighted by molar-refractivity contribution is 0.255. The Balaban J connectivity index is 2.25. The van der Waals surface area contributed by atoms with Gasteiger partial charge < -0.3 is 20.5 Å². The molecule has 2 rings (SSSR count). The predicted molar refractivity (Wildman–Crippen MR) is 83.3 cm³/mol. The van der Waals surface area contributed by atoms with E-state index >= 15 is 0 Å². The minimum atomic E-state index is 0.168. The van der Waals surface area contributed by atoms with Crippen molar-refractivity contribution in [1.29, 1.82) is 0 Å². The number of anilines is 2. The van der Waals surface area contributed by atoms with E-state index in [0.29, 0.717) is 12.3 Å². The van der Waals surface area contributed by atoms with Crippen LogP contribution in [0.2, 0.25) is 0 Å². The summed E-state index contributed by atoms with van der Waals surface area (Å²) in [7, 11) is 0. The van der Waals surface area contributed by atoms with Crippen molar-refractivity contribution in [1.82, 2.24) is 0 Å². The topological polar surface area (TPSA) is 58.7 Å². The zero-order valence-corrected chi connectivity index (χ0v) is 12.3. The number of nitrogens with zero attached hydrogens (tertiary/aromatic N) is 1. The summed E-state index contributed by atoms with van der Waals surface area (Å²) in [5.41, 5.74) is 7.97. The maximum atomic E-state index is 9.64. The zero-order chi connectivity index (χ0) is 14.4. The molecule has 1 aliphatic rings. The summed E-state index contributed by atoms with van der Waals surface area (Å²) in [4.78, 5) is 2.25. The van der Waals surface area contributed by atoms with Crippen LogP contribution in [0.15, 0.2) is 18.2 Å². The number of rotatable bonds is 5. The van der Waals surface area contributed by atoms with E-state index in [1.807, 2.05) is 18.2 Å². The molecule has 1 aromatic carbocycles. The fourth-order valence-corrected chi connectivity index (χ4v) is 2.81. The van der Waals surface area contributed by atoms with Crippen LogP contribution in [0, 0.1) is 0 Å². The van der Waals surface area contributed by atoms with Crippen molar-refractivity contribution < 1.29 is 9.84 Å². The van der Waals surface area contributed by atoms with Gasteiger partial charge in [0.15, 0.2) is 0 Å². The van der Waals surface area contributed by atoms with Crippen LogP contribution >= 0.6 is 0 Å². The van der Waals surface area contributed by atoms with E-state index in [4.69, 9.17) is 10.5 Å². The number of aliphatic hydroxyl groups is 1. The molecule has 20 heavy (non-hydrogen) atoms. The second-order valence-electron chi connectivity index (χ2n) is 5.42. The van der Waals surface area contributed by atoms with E-state index < -0.39 is 0 Å². The highest BCUT2D eigenvalue weighted by atomic mass is 16.5. The van der Waals surface area contributed by atoms with Crippen LogP contribution in [0.4, 0.5) is 11.4 Å². The van der Waals surface area contributed by atoms with Crippen LogP contribution in [0.5, 0.6) is 5.75 Å². The quantitative estimate of drug-likeness (QED) is 0.813. The van der Waals surface area contributed by atoms with Gasteiger partial charge in [0.05, 0.1) is 30.6 Å². The summed E-state index contributed by atoms with van der Waals surface area (Å²) < 4.78 is 5.70. The van der Waals surface area contributed by atoms with E-state index in [1.165, 1.54) is 12.8 Å². The molecule has 1 aliphatic heterocycles. The molecule has 0 radical (unpaired) electrons. The molecule has 1 saturated heterocycles. The third kappa shape index (κ3) is 3.37. The van der Waals surface area contributed by atoms with Crippen LogP contribution in [-0.2, 0) is 0 Å². The Hall–Kier alpha value is -1.42. The second-order valence-corrected chi connectivity index (χ2v) is 5.42. The van der Waals surface area contributed by atoms with E-state index in [0.717, 1.165) is 37.2 Å². The smallest absolute Gasteiger partial charge is 0.144 e. The Morgan fingerprint density at radius 3 is 2.95 bits per heavy atom. The number of nitrogen functional groups attached to an aromatic ring is 1.